The zero-order valence-electron chi connectivity index (χ0n) is 17.5. The molecule has 2 unspecified atom stereocenters. The van der Waals surface area contributed by atoms with Crippen LogP contribution in [0.3, 0.4) is 0 Å². The highest BCUT2D eigenvalue weighted by Gasteiger charge is 2.46. The van der Waals surface area contributed by atoms with Gasteiger partial charge in [0.15, 0.2) is 5.82 Å². The normalized spacial score (nSPS) is 21.9. The topological polar surface area (TPSA) is 89.5 Å². The van der Waals surface area contributed by atoms with E-state index in [9.17, 15) is 19.1 Å². The maximum atomic E-state index is 14.9. The molecule has 1 saturated heterocycles. The second-order valence-electron chi connectivity index (χ2n) is 8.44. The third kappa shape index (κ3) is 3.14. The molecule has 2 aromatic rings. The van der Waals surface area contributed by atoms with Crippen LogP contribution < -0.4 is 14.5 Å². The molecule has 1 aromatic heterocycles. The maximum Gasteiger partial charge on any atom is 0.407 e. The van der Waals surface area contributed by atoms with Crippen molar-refractivity contribution in [3.05, 3.63) is 28.7 Å². The van der Waals surface area contributed by atoms with Crippen LogP contribution in [0.2, 0.25) is 5.02 Å². The molecule has 0 bridgehead atoms. The fourth-order valence-electron chi connectivity index (χ4n) is 4.83. The molecule has 3 aliphatic heterocycles. The highest BCUT2D eigenvalue weighted by molar-refractivity contribution is 6.31. The third-order valence-corrected chi connectivity index (χ3v) is 6.29. The first kappa shape index (κ1) is 20.8. The first-order valence-corrected chi connectivity index (χ1v) is 10.6. The Morgan fingerprint density at radius 3 is 2.81 bits per heavy atom. The molecule has 5 rings (SSSR count). The summed E-state index contributed by atoms with van der Waals surface area (Å²) in [6, 6.07) is 2.28. The number of anilines is 2. The summed E-state index contributed by atoms with van der Waals surface area (Å²) in [5.41, 5.74) is 1.64. The first-order chi connectivity index (χ1) is 15.3. The lowest BCUT2D eigenvalue weighted by Crippen LogP contribution is -2.61. The first-order valence-electron chi connectivity index (χ1n) is 10.2. The van der Waals surface area contributed by atoms with Crippen molar-refractivity contribution in [2.45, 2.75) is 12.1 Å². The number of halogens is 2. The van der Waals surface area contributed by atoms with E-state index in [-0.39, 0.29) is 35.6 Å². The minimum Gasteiger partial charge on any atom is -0.470 e. The van der Waals surface area contributed by atoms with Gasteiger partial charge in [0.25, 0.3) is 0 Å². The van der Waals surface area contributed by atoms with Crippen molar-refractivity contribution in [1.29, 1.82) is 0 Å². The van der Waals surface area contributed by atoms with E-state index >= 15 is 0 Å². The van der Waals surface area contributed by atoms with Crippen LogP contribution in [-0.2, 0) is 4.79 Å². The number of rotatable bonds is 2. The molecule has 1 N–H and O–H groups in total. The third-order valence-electron chi connectivity index (χ3n) is 6.08. The monoisotopic (exact) mass is 461 g/mol. The Bertz CT molecular complexity index is 1180. The fourth-order valence-corrected chi connectivity index (χ4v) is 5.04. The molecular weight excluding hydrogens is 441 g/mol. The Morgan fingerprint density at radius 1 is 1.34 bits per heavy atom. The zero-order valence-corrected chi connectivity index (χ0v) is 18.3. The van der Waals surface area contributed by atoms with Crippen LogP contribution >= 0.6 is 11.6 Å². The van der Waals surface area contributed by atoms with Gasteiger partial charge >= 0.3 is 6.09 Å². The van der Waals surface area contributed by atoms with Gasteiger partial charge in [0, 0.05) is 30.0 Å². The van der Waals surface area contributed by atoms with Crippen LogP contribution in [0.25, 0.3) is 10.9 Å². The zero-order chi connectivity index (χ0) is 22.7. The van der Waals surface area contributed by atoms with E-state index in [1.807, 2.05) is 29.8 Å². The van der Waals surface area contributed by atoms with Crippen molar-refractivity contribution in [1.82, 2.24) is 14.8 Å². The summed E-state index contributed by atoms with van der Waals surface area (Å²) < 4.78 is 21.0. The van der Waals surface area contributed by atoms with Crippen molar-refractivity contribution < 1.29 is 23.8 Å². The van der Waals surface area contributed by atoms with Gasteiger partial charge in [-0.15, -0.1) is 0 Å². The Hall–Kier alpha value is -3.07. The lowest BCUT2D eigenvalue weighted by molar-refractivity contribution is 0.133. The number of likely N-dealkylation sites (N-methyl/N-ethyl adjacent to an activating group) is 1. The van der Waals surface area contributed by atoms with Gasteiger partial charge in [-0.3, -0.25) is 0 Å². The Labute approximate surface area is 188 Å². The number of aromatic nitrogens is 1. The molecule has 3 aliphatic rings. The molecule has 1 aromatic carbocycles. The standard InChI is InChI=1S/C21H21ClFN5O4/c1-25(2)7-12-8-28-16(10-29)15-9-26(21(30)31)3-4-27(15)18-13-5-11(22)6-14(23)17(13)24-20(32-12)19(18)28/h5-6,12,15H,3-4,7-9H2,1-2H3,(H,30,31). The summed E-state index contributed by atoms with van der Waals surface area (Å²) in [5, 5.41) is 10.2. The van der Waals surface area contributed by atoms with E-state index < -0.39 is 18.0 Å². The molecule has 0 aliphatic carbocycles. The van der Waals surface area contributed by atoms with Crippen LogP contribution in [0.1, 0.15) is 0 Å². The van der Waals surface area contributed by atoms with E-state index in [1.54, 1.807) is 11.0 Å². The molecule has 0 saturated carbocycles. The average Bonchev–Trinajstić information content (AvgIpc) is 2.73. The highest BCUT2D eigenvalue weighted by atomic mass is 35.5. The molecule has 0 radical (unpaired) electrons. The smallest absolute Gasteiger partial charge is 0.407 e. The molecule has 11 heteroatoms. The minimum atomic E-state index is -1.05. The number of nitrogens with zero attached hydrogens (tertiary/aromatic N) is 5. The maximum absolute atomic E-state index is 14.9. The fraction of sp³-hybridized carbons (Fsp3) is 0.429. The lowest BCUT2D eigenvalue weighted by atomic mass is 9.97. The molecule has 4 heterocycles. The molecule has 2 atom stereocenters. The van der Waals surface area contributed by atoms with Gasteiger partial charge in [0.2, 0.25) is 5.88 Å². The quantitative estimate of drug-likeness (QED) is 0.680. The summed E-state index contributed by atoms with van der Waals surface area (Å²) in [5.74, 6) is 1.70. The second-order valence-corrected chi connectivity index (χ2v) is 8.87. The predicted molar refractivity (Wildman–Crippen MR) is 117 cm³/mol. The number of carboxylic acid groups (broad SMARTS) is 1. The number of carbonyl (C=O) groups excluding carboxylic acids is 1. The van der Waals surface area contributed by atoms with Crippen LogP contribution in [-0.4, -0.2) is 90.9 Å². The summed E-state index contributed by atoms with van der Waals surface area (Å²) in [4.78, 5) is 35.2. The molecule has 0 spiro atoms. The van der Waals surface area contributed by atoms with Crippen LogP contribution in [0, 0.1) is 5.82 Å². The van der Waals surface area contributed by atoms with Crippen molar-refractivity contribution in [3.8, 4) is 5.88 Å². The van der Waals surface area contributed by atoms with Crippen molar-refractivity contribution in [2.75, 3.05) is 56.6 Å². The van der Waals surface area contributed by atoms with E-state index in [4.69, 9.17) is 16.3 Å². The number of fused-ring (bicyclic) bond motifs is 4. The Kier molecular flexibility index (Phi) is 4.88. The van der Waals surface area contributed by atoms with E-state index in [0.29, 0.717) is 42.1 Å². The van der Waals surface area contributed by atoms with Crippen LogP contribution in [0.5, 0.6) is 5.88 Å². The van der Waals surface area contributed by atoms with Crippen molar-refractivity contribution in [2.24, 2.45) is 0 Å². The summed E-state index contributed by atoms with van der Waals surface area (Å²) in [6.07, 6.45) is -1.39. The van der Waals surface area contributed by atoms with Gasteiger partial charge in [-0.1, -0.05) is 11.6 Å². The summed E-state index contributed by atoms with van der Waals surface area (Å²) in [7, 11) is 3.81. The number of ether oxygens (including phenoxy) is 1. The molecular formula is C21H21ClFN5O4. The summed E-state index contributed by atoms with van der Waals surface area (Å²) in [6.45, 7) is 1.56. The van der Waals surface area contributed by atoms with E-state index in [2.05, 4.69) is 4.98 Å². The molecule has 32 heavy (non-hydrogen) atoms. The molecule has 1 fully saturated rings. The van der Waals surface area contributed by atoms with Gasteiger partial charge in [-0.05, 0) is 26.2 Å². The number of hydrogen-bond acceptors (Lipinski definition) is 7. The van der Waals surface area contributed by atoms with Crippen LogP contribution in [0.15, 0.2) is 17.8 Å². The van der Waals surface area contributed by atoms with Gasteiger partial charge in [0.1, 0.15) is 28.9 Å². The van der Waals surface area contributed by atoms with Gasteiger partial charge in [0.05, 0.1) is 24.8 Å². The number of amides is 1. The van der Waals surface area contributed by atoms with Gasteiger partial charge < -0.3 is 29.4 Å². The Morgan fingerprint density at radius 2 is 2.12 bits per heavy atom. The second kappa shape index (κ2) is 7.51. The largest absolute Gasteiger partial charge is 0.470 e. The Balaban J connectivity index is 1.77. The number of benzene rings is 1. The van der Waals surface area contributed by atoms with Crippen molar-refractivity contribution in [3.63, 3.8) is 0 Å². The molecule has 168 valence electrons. The van der Waals surface area contributed by atoms with Crippen molar-refractivity contribution >= 4 is 45.9 Å². The number of piperazine rings is 1. The number of hydrogen-bond donors (Lipinski definition) is 1. The molecule has 9 nitrogen and oxygen atoms in total. The van der Waals surface area contributed by atoms with E-state index in [0.717, 1.165) is 0 Å². The predicted octanol–water partition coefficient (Wildman–Crippen LogP) is 2.05. The van der Waals surface area contributed by atoms with Crippen LogP contribution in [0.4, 0.5) is 20.6 Å². The minimum absolute atomic E-state index is 0.0945. The lowest BCUT2D eigenvalue weighted by Gasteiger charge is -2.51. The highest BCUT2D eigenvalue weighted by Crippen LogP contribution is 2.51. The SMILES string of the molecule is CN(C)CC1CN2C(=C=O)C3CN(C(=O)O)CCN3c3c2c(nc2c(F)cc(Cl)cc32)O1. The molecule has 1 amide bonds. The number of carbonyl (C=O) groups is 1. The van der Waals surface area contributed by atoms with Gasteiger partial charge in [-0.25, -0.2) is 19.0 Å². The summed E-state index contributed by atoms with van der Waals surface area (Å²) >= 11 is 6.18. The average molecular weight is 462 g/mol. The van der Waals surface area contributed by atoms with E-state index in [1.165, 1.54) is 11.0 Å². The van der Waals surface area contributed by atoms with Gasteiger partial charge in [-0.2, -0.15) is 0 Å². The number of pyridine rings is 1.